The summed E-state index contributed by atoms with van der Waals surface area (Å²) in [7, 11) is 0. The van der Waals surface area contributed by atoms with Crippen LogP contribution in [0.25, 0.3) is 0 Å². The van der Waals surface area contributed by atoms with Crippen molar-refractivity contribution in [2.75, 3.05) is 42.6 Å². The van der Waals surface area contributed by atoms with Crippen molar-refractivity contribution in [1.82, 2.24) is 9.80 Å². The summed E-state index contributed by atoms with van der Waals surface area (Å²) >= 11 is 1.67. The van der Waals surface area contributed by atoms with E-state index in [1.165, 1.54) is 0 Å². The number of nitrogens with zero attached hydrogens (tertiary/aromatic N) is 4. The SMILES string of the molecule is C=CCN(Cc1ccccc1)C(=O)[C@@H]1[C@@H]2CC(C)C3(S2)C(C(=O)N(CC=C)c2ccc(N(CC)CC)cc2)N([C@@H](CO)CC(C)C)C(=O)[C@H]13. The van der Waals surface area contributed by atoms with Gasteiger partial charge in [-0.3, -0.25) is 14.4 Å². The number of carbonyl (C=O) groups is 3. The molecule has 49 heavy (non-hydrogen) atoms. The highest BCUT2D eigenvalue weighted by Gasteiger charge is 2.77. The first-order valence-electron chi connectivity index (χ1n) is 17.9. The third-order valence-corrected chi connectivity index (χ3v) is 12.9. The van der Waals surface area contributed by atoms with E-state index in [2.05, 4.69) is 52.7 Å². The zero-order valence-electron chi connectivity index (χ0n) is 29.8. The summed E-state index contributed by atoms with van der Waals surface area (Å²) in [6.45, 7) is 20.9. The highest BCUT2D eigenvalue weighted by molar-refractivity contribution is 8.02. The lowest BCUT2D eigenvalue weighted by Crippen LogP contribution is -2.59. The van der Waals surface area contributed by atoms with Gasteiger partial charge < -0.3 is 24.7 Å². The van der Waals surface area contributed by atoms with Crippen LogP contribution < -0.4 is 9.80 Å². The van der Waals surface area contributed by atoms with Crippen LogP contribution in [0.4, 0.5) is 11.4 Å². The molecule has 3 heterocycles. The van der Waals surface area contributed by atoms with Gasteiger partial charge in [0.25, 0.3) is 5.91 Å². The van der Waals surface area contributed by atoms with E-state index in [9.17, 15) is 14.7 Å². The molecule has 2 bridgehead atoms. The fraction of sp³-hybridized carbons (Fsp3) is 0.525. The monoisotopic (exact) mass is 686 g/mol. The summed E-state index contributed by atoms with van der Waals surface area (Å²) in [5.41, 5.74) is 2.82. The predicted molar refractivity (Wildman–Crippen MR) is 200 cm³/mol. The number of hydrogen-bond donors (Lipinski definition) is 1. The first kappa shape index (κ1) is 36.7. The number of thioether (sulfide) groups is 1. The Hall–Kier alpha value is -3.56. The molecule has 9 heteroatoms. The Morgan fingerprint density at radius 1 is 1.00 bits per heavy atom. The van der Waals surface area contributed by atoms with E-state index >= 15 is 4.79 Å². The molecule has 2 aromatic rings. The zero-order chi connectivity index (χ0) is 35.5. The minimum atomic E-state index is -0.840. The quantitative estimate of drug-likeness (QED) is 0.218. The van der Waals surface area contributed by atoms with Gasteiger partial charge in [0.2, 0.25) is 11.8 Å². The molecule has 0 saturated carbocycles. The Morgan fingerprint density at radius 2 is 1.63 bits per heavy atom. The molecule has 8 nitrogen and oxygen atoms in total. The minimum absolute atomic E-state index is 0.00967. The highest BCUT2D eigenvalue weighted by atomic mass is 32.2. The number of anilines is 2. The highest BCUT2D eigenvalue weighted by Crippen LogP contribution is 2.69. The summed E-state index contributed by atoms with van der Waals surface area (Å²) < 4.78 is -0.809. The standard InChI is InChI=1S/C40H54N4O4S/c1-8-21-42(25-29-15-13-12-14-16-29)37(46)34-33-24-28(7)40(49-33)35(34)38(47)44(32(26-45)23-27(5)6)36(40)39(48)43(22-9-2)31-19-17-30(18-20-31)41(10-3)11-4/h8-9,12-20,27-28,32-36,45H,1-2,10-11,21-26H2,3-7H3/t28?,32-,33+,34-,35+,36?,40?/m1/s1. The summed E-state index contributed by atoms with van der Waals surface area (Å²) in [6, 6.07) is 16.5. The van der Waals surface area contributed by atoms with Crippen molar-refractivity contribution in [2.24, 2.45) is 23.7 Å². The normalized spacial score (nSPS) is 26.1. The van der Waals surface area contributed by atoms with E-state index in [1.54, 1.807) is 38.6 Å². The largest absolute Gasteiger partial charge is 0.394 e. The molecule has 1 N–H and O–H groups in total. The number of amides is 3. The van der Waals surface area contributed by atoms with Gasteiger partial charge in [0.15, 0.2) is 0 Å². The van der Waals surface area contributed by atoms with Crippen molar-refractivity contribution in [3.8, 4) is 0 Å². The van der Waals surface area contributed by atoms with Gasteiger partial charge in [-0.25, -0.2) is 0 Å². The van der Waals surface area contributed by atoms with Crippen LogP contribution >= 0.6 is 11.8 Å². The van der Waals surface area contributed by atoms with Gasteiger partial charge in [0, 0.05) is 49.3 Å². The second kappa shape index (κ2) is 15.5. The summed E-state index contributed by atoms with van der Waals surface area (Å²) in [5.74, 6) is -1.50. The molecule has 2 aromatic carbocycles. The van der Waals surface area contributed by atoms with Crippen LogP contribution in [0.1, 0.15) is 53.0 Å². The van der Waals surface area contributed by atoms with E-state index < -0.39 is 28.7 Å². The molecular weight excluding hydrogens is 633 g/mol. The van der Waals surface area contributed by atoms with Crippen LogP contribution in [0.2, 0.25) is 0 Å². The van der Waals surface area contributed by atoms with Gasteiger partial charge in [-0.05, 0) is 68.4 Å². The molecule has 3 saturated heterocycles. The second-order valence-corrected chi connectivity index (χ2v) is 15.7. The Bertz CT molecular complexity index is 1500. The van der Waals surface area contributed by atoms with Crippen molar-refractivity contribution in [3.05, 3.63) is 85.5 Å². The van der Waals surface area contributed by atoms with Crippen LogP contribution in [-0.2, 0) is 20.9 Å². The van der Waals surface area contributed by atoms with Crippen LogP contribution in [0.15, 0.2) is 79.9 Å². The summed E-state index contributed by atoms with van der Waals surface area (Å²) in [5, 5.41) is 10.7. The molecule has 0 aliphatic carbocycles. The Morgan fingerprint density at radius 3 is 2.20 bits per heavy atom. The molecule has 5 rings (SSSR count). The first-order chi connectivity index (χ1) is 23.6. The third kappa shape index (κ3) is 6.68. The smallest absolute Gasteiger partial charge is 0.251 e. The lowest BCUT2D eigenvalue weighted by molar-refractivity contribution is -0.146. The van der Waals surface area contributed by atoms with Crippen molar-refractivity contribution < 1.29 is 19.5 Å². The van der Waals surface area contributed by atoms with E-state index in [4.69, 9.17) is 0 Å². The zero-order valence-corrected chi connectivity index (χ0v) is 30.6. The molecule has 264 valence electrons. The topological polar surface area (TPSA) is 84.4 Å². The van der Waals surface area contributed by atoms with Crippen molar-refractivity contribution in [1.29, 1.82) is 0 Å². The second-order valence-electron chi connectivity index (χ2n) is 14.2. The maximum atomic E-state index is 15.2. The van der Waals surface area contributed by atoms with E-state index in [-0.39, 0.29) is 48.0 Å². The average Bonchev–Trinajstić information content (AvgIpc) is 3.70. The number of aliphatic hydroxyl groups excluding tert-OH is 1. The molecule has 0 radical (unpaired) electrons. The molecule has 0 aromatic heterocycles. The van der Waals surface area contributed by atoms with Gasteiger partial charge in [0.1, 0.15) is 6.04 Å². The molecule has 1 spiro atoms. The van der Waals surface area contributed by atoms with Crippen molar-refractivity contribution in [3.63, 3.8) is 0 Å². The lowest BCUT2D eigenvalue weighted by atomic mass is 9.65. The van der Waals surface area contributed by atoms with Gasteiger partial charge in [-0.15, -0.1) is 24.9 Å². The fourth-order valence-corrected chi connectivity index (χ4v) is 11.1. The number of benzene rings is 2. The van der Waals surface area contributed by atoms with Crippen LogP contribution in [0.3, 0.4) is 0 Å². The van der Waals surface area contributed by atoms with Crippen LogP contribution in [0, 0.1) is 23.7 Å². The molecule has 3 amide bonds. The van der Waals surface area contributed by atoms with Gasteiger partial charge >= 0.3 is 0 Å². The number of hydrogen-bond acceptors (Lipinski definition) is 6. The number of aliphatic hydroxyl groups is 1. The maximum Gasteiger partial charge on any atom is 0.251 e. The van der Waals surface area contributed by atoms with Gasteiger partial charge in [-0.1, -0.05) is 63.3 Å². The van der Waals surface area contributed by atoms with E-state index in [0.29, 0.717) is 19.5 Å². The maximum absolute atomic E-state index is 15.2. The third-order valence-electron chi connectivity index (χ3n) is 10.8. The van der Waals surface area contributed by atoms with E-state index in [1.807, 2.05) is 54.6 Å². The number of fused-ring (bicyclic) bond motifs is 1. The molecule has 7 atom stereocenters. The van der Waals surface area contributed by atoms with Crippen LogP contribution in [0.5, 0.6) is 0 Å². The molecule has 3 fully saturated rings. The van der Waals surface area contributed by atoms with E-state index in [0.717, 1.165) is 36.4 Å². The lowest BCUT2D eigenvalue weighted by Gasteiger charge is -2.42. The Balaban J connectivity index is 1.58. The molecule has 3 aliphatic rings. The Kier molecular flexibility index (Phi) is 11.6. The van der Waals surface area contributed by atoms with Gasteiger partial charge in [-0.2, -0.15) is 0 Å². The minimum Gasteiger partial charge on any atom is -0.394 e. The predicted octanol–water partition coefficient (Wildman–Crippen LogP) is 6.01. The fourth-order valence-electron chi connectivity index (χ4n) is 8.67. The summed E-state index contributed by atoms with van der Waals surface area (Å²) in [4.78, 5) is 52.4. The Labute approximate surface area is 297 Å². The number of likely N-dealkylation sites (tertiary alicyclic amines) is 1. The molecule has 3 unspecified atom stereocenters. The number of carbonyl (C=O) groups excluding carboxylic acids is 3. The number of rotatable bonds is 16. The molecular formula is C40H54N4O4S. The average molecular weight is 687 g/mol. The first-order valence-corrected chi connectivity index (χ1v) is 18.8. The summed E-state index contributed by atoms with van der Waals surface area (Å²) in [6.07, 6.45) is 4.74. The van der Waals surface area contributed by atoms with Gasteiger partial charge in [0.05, 0.1) is 29.2 Å². The van der Waals surface area contributed by atoms with Crippen molar-refractivity contribution >= 4 is 40.9 Å². The van der Waals surface area contributed by atoms with Crippen molar-refractivity contribution in [2.45, 2.75) is 76.1 Å². The molecule has 3 aliphatic heterocycles. The van der Waals surface area contributed by atoms with Crippen LogP contribution in [-0.4, -0.2) is 87.5 Å².